The monoisotopic (exact) mass is 592 g/mol. The summed E-state index contributed by atoms with van der Waals surface area (Å²) in [5, 5.41) is 3.02. The molecule has 4 rings (SSSR count). The number of nitrogens with one attached hydrogen (secondary N) is 1. The summed E-state index contributed by atoms with van der Waals surface area (Å²) in [7, 11) is 0. The summed E-state index contributed by atoms with van der Waals surface area (Å²) in [6, 6.07) is 15.1. The Balaban J connectivity index is 1.48. The van der Waals surface area contributed by atoms with Crippen molar-refractivity contribution in [2.24, 2.45) is 0 Å². The number of pyridine rings is 1. The Kier molecular flexibility index (Phi) is 9.32. The van der Waals surface area contributed by atoms with Gasteiger partial charge in [-0.2, -0.15) is 26.3 Å². The summed E-state index contributed by atoms with van der Waals surface area (Å²) in [6.45, 7) is 7.20. The van der Waals surface area contributed by atoms with Crippen molar-refractivity contribution in [2.75, 3.05) is 19.6 Å². The second-order valence-corrected chi connectivity index (χ2v) is 11.1. The molecule has 0 bridgehead atoms. The molecule has 0 aliphatic carbocycles. The van der Waals surface area contributed by atoms with Crippen LogP contribution in [0.4, 0.5) is 26.3 Å². The first-order valence-electron chi connectivity index (χ1n) is 13.7. The van der Waals surface area contributed by atoms with Gasteiger partial charge in [-0.1, -0.05) is 48.5 Å². The number of carbonyl (C=O) groups excluding carboxylic acids is 1. The molecule has 0 spiro atoms. The molecule has 5 nitrogen and oxygen atoms in total. The van der Waals surface area contributed by atoms with Crippen LogP contribution in [0.3, 0.4) is 0 Å². The van der Waals surface area contributed by atoms with Gasteiger partial charge in [-0.15, -0.1) is 0 Å². The number of aromatic nitrogens is 1. The Hall–Kier alpha value is -3.44. The molecule has 0 saturated carbocycles. The smallest absolute Gasteiger partial charge is 0.353 e. The van der Waals surface area contributed by atoms with E-state index in [9.17, 15) is 31.1 Å². The lowest BCUT2D eigenvalue weighted by Gasteiger charge is -2.41. The van der Waals surface area contributed by atoms with Crippen molar-refractivity contribution < 1.29 is 31.1 Å². The average Bonchev–Trinajstić information content (AvgIpc) is 2.93. The van der Waals surface area contributed by atoms with E-state index in [1.807, 2.05) is 38.1 Å². The Morgan fingerprint density at radius 3 is 1.88 bits per heavy atom. The summed E-state index contributed by atoms with van der Waals surface area (Å²) in [6.07, 6.45) is -7.51. The topological polar surface area (TPSA) is 48.5 Å². The number of halogens is 6. The highest BCUT2D eigenvalue weighted by molar-refractivity contribution is 5.82. The summed E-state index contributed by atoms with van der Waals surface area (Å²) >= 11 is 0. The molecule has 1 amide bonds. The highest BCUT2D eigenvalue weighted by Gasteiger charge is 2.68. The molecule has 42 heavy (non-hydrogen) atoms. The van der Waals surface area contributed by atoms with Gasteiger partial charge in [-0.05, 0) is 60.7 Å². The van der Waals surface area contributed by atoms with Gasteiger partial charge in [0.25, 0.3) is 0 Å². The standard InChI is InChI=1S/C31H34F6N4O/c1-21(2)39-28(42)27-20-40(18-23-12-14-38-15-13-23)16-17-41(27)19-22-4-6-24(7-5-22)25-8-10-26(11-9-25)29(3,30(32,33)34)31(35,36)37/h4-15,21,27H,16-20H2,1-3H3,(H,39,42)/t27-/m1/s1. The molecule has 0 unspecified atom stereocenters. The Bertz CT molecular complexity index is 1310. The van der Waals surface area contributed by atoms with Gasteiger partial charge in [0.1, 0.15) is 6.04 Å². The largest absolute Gasteiger partial charge is 0.406 e. The first-order chi connectivity index (χ1) is 19.7. The maximum Gasteiger partial charge on any atom is 0.406 e. The molecule has 1 aliphatic heterocycles. The predicted molar refractivity (Wildman–Crippen MR) is 148 cm³/mol. The van der Waals surface area contributed by atoms with E-state index in [0.717, 1.165) is 29.8 Å². The molecule has 1 atom stereocenters. The fraction of sp³-hybridized carbons (Fsp3) is 0.419. The summed E-state index contributed by atoms with van der Waals surface area (Å²) in [4.78, 5) is 21.6. The number of hydrogen-bond donors (Lipinski definition) is 1. The van der Waals surface area contributed by atoms with Crippen LogP contribution in [0.2, 0.25) is 0 Å². The number of alkyl halides is 6. The van der Waals surface area contributed by atoms with Crippen LogP contribution in [-0.4, -0.2) is 64.8 Å². The van der Waals surface area contributed by atoms with Crippen molar-refractivity contribution in [1.29, 1.82) is 0 Å². The zero-order chi connectivity index (χ0) is 30.7. The minimum atomic E-state index is -5.50. The zero-order valence-corrected chi connectivity index (χ0v) is 23.6. The fourth-order valence-electron chi connectivity index (χ4n) is 5.11. The number of amides is 1. The van der Waals surface area contributed by atoms with Gasteiger partial charge < -0.3 is 5.32 Å². The molecule has 0 radical (unpaired) electrons. The molecule has 2 heterocycles. The SMILES string of the molecule is CC(C)NC(=O)[C@H]1CN(Cc2ccncc2)CCN1Cc1ccc(-c2ccc(C(C)(C(F)(F)F)C(F)(F)F)cc2)cc1. The number of hydrogen-bond acceptors (Lipinski definition) is 4. The number of benzene rings is 2. The van der Waals surface area contributed by atoms with Gasteiger partial charge in [-0.3, -0.25) is 19.6 Å². The first-order valence-corrected chi connectivity index (χ1v) is 13.7. The predicted octanol–water partition coefficient (Wildman–Crippen LogP) is 6.34. The van der Waals surface area contributed by atoms with Crippen LogP contribution in [0.15, 0.2) is 73.1 Å². The number of nitrogens with zero attached hydrogens (tertiary/aromatic N) is 3. The lowest BCUT2D eigenvalue weighted by Crippen LogP contribution is -2.59. The van der Waals surface area contributed by atoms with Crippen molar-refractivity contribution >= 4 is 5.91 Å². The lowest BCUT2D eigenvalue weighted by molar-refractivity contribution is -0.297. The summed E-state index contributed by atoms with van der Waals surface area (Å²) in [5.41, 5.74) is -1.63. The third kappa shape index (κ3) is 6.95. The van der Waals surface area contributed by atoms with Crippen LogP contribution in [-0.2, 0) is 23.3 Å². The molecule has 2 aromatic carbocycles. The van der Waals surface area contributed by atoms with E-state index >= 15 is 0 Å². The summed E-state index contributed by atoms with van der Waals surface area (Å²) < 4.78 is 80.7. The van der Waals surface area contributed by atoms with Crippen LogP contribution in [0.25, 0.3) is 11.1 Å². The highest BCUT2D eigenvalue weighted by atomic mass is 19.4. The molecule has 226 valence electrons. The fourth-order valence-corrected chi connectivity index (χ4v) is 5.11. The molecule has 1 N–H and O–H groups in total. The second kappa shape index (κ2) is 12.4. The Morgan fingerprint density at radius 2 is 1.36 bits per heavy atom. The number of carbonyl (C=O) groups is 1. The van der Waals surface area contributed by atoms with E-state index in [4.69, 9.17) is 0 Å². The van der Waals surface area contributed by atoms with E-state index < -0.39 is 23.3 Å². The maximum absolute atomic E-state index is 13.5. The van der Waals surface area contributed by atoms with Gasteiger partial charge in [0.2, 0.25) is 5.91 Å². The molecular weight excluding hydrogens is 558 g/mol. The van der Waals surface area contributed by atoms with Crippen molar-refractivity contribution in [3.63, 3.8) is 0 Å². The summed E-state index contributed by atoms with van der Waals surface area (Å²) in [5.74, 6) is -0.0501. The van der Waals surface area contributed by atoms with Gasteiger partial charge in [-0.25, -0.2) is 0 Å². The van der Waals surface area contributed by atoms with Crippen LogP contribution < -0.4 is 5.32 Å². The van der Waals surface area contributed by atoms with Crippen molar-refractivity contribution in [3.8, 4) is 11.1 Å². The second-order valence-electron chi connectivity index (χ2n) is 11.1. The average molecular weight is 593 g/mol. The normalized spacial score (nSPS) is 17.4. The first kappa shape index (κ1) is 31.5. The van der Waals surface area contributed by atoms with Gasteiger partial charge in [0, 0.05) is 51.2 Å². The van der Waals surface area contributed by atoms with E-state index in [1.54, 1.807) is 24.5 Å². The minimum Gasteiger partial charge on any atom is -0.353 e. The van der Waals surface area contributed by atoms with Gasteiger partial charge >= 0.3 is 12.4 Å². The van der Waals surface area contributed by atoms with Gasteiger partial charge in [0.05, 0.1) is 0 Å². The van der Waals surface area contributed by atoms with Crippen LogP contribution in [0.1, 0.15) is 37.5 Å². The van der Waals surface area contributed by atoms with E-state index in [2.05, 4.69) is 20.1 Å². The Labute approximate surface area is 241 Å². The molecule has 1 aliphatic rings. The van der Waals surface area contributed by atoms with E-state index in [-0.39, 0.29) is 24.9 Å². The molecule has 1 aromatic heterocycles. The van der Waals surface area contributed by atoms with Crippen LogP contribution >= 0.6 is 0 Å². The molecule has 1 saturated heterocycles. The lowest BCUT2D eigenvalue weighted by atomic mass is 9.80. The third-order valence-corrected chi connectivity index (χ3v) is 7.73. The molecule has 11 heteroatoms. The zero-order valence-electron chi connectivity index (χ0n) is 23.6. The molecule has 3 aromatic rings. The van der Waals surface area contributed by atoms with Crippen molar-refractivity contribution in [3.05, 3.63) is 89.7 Å². The minimum absolute atomic E-state index is 0.00859. The van der Waals surface area contributed by atoms with E-state index in [1.165, 1.54) is 12.1 Å². The van der Waals surface area contributed by atoms with Crippen LogP contribution in [0.5, 0.6) is 0 Å². The highest BCUT2D eigenvalue weighted by Crippen LogP contribution is 2.51. The number of rotatable bonds is 8. The van der Waals surface area contributed by atoms with Crippen molar-refractivity contribution in [1.82, 2.24) is 20.1 Å². The quantitative estimate of drug-likeness (QED) is 0.310. The maximum atomic E-state index is 13.5. The van der Waals surface area contributed by atoms with E-state index in [0.29, 0.717) is 37.3 Å². The molecule has 1 fully saturated rings. The molecular formula is C31H34F6N4O. The van der Waals surface area contributed by atoms with Gasteiger partial charge in [0.15, 0.2) is 5.41 Å². The third-order valence-electron chi connectivity index (χ3n) is 7.73. The van der Waals surface area contributed by atoms with Crippen molar-refractivity contribution in [2.45, 2.75) is 63.7 Å². The number of piperazine rings is 1. The Morgan fingerprint density at radius 1 is 0.833 bits per heavy atom. The van der Waals surface area contributed by atoms with Crippen LogP contribution in [0, 0.1) is 0 Å².